The highest BCUT2D eigenvalue weighted by Gasteiger charge is 2.25. The highest BCUT2D eigenvalue weighted by Crippen LogP contribution is 2.39. The van der Waals surface area contributed by atoms with E-state index in [1.807, 2.05) is 11.8 Å². The van der Waals surface area contributed by atoms with Gasteiger partial charge in [0.05, 0.1) is 17.4 Å². The number of nitrogens with one attached hydrogen (secondary N) is 2. The van der Waals surface area contributed by atoms with Gasteiger partial charge in [-0.05, 0) is 29.9 Å². The zero-order valence-electron chi connectivity index (χ0n) is 11.6. The number of nitrogens with two attached hydrogens (primary N) is 1. The van der Waals surface area contributed by atoms with Crippen LogP contribution in [-0.2, 0) is 12.2 Å². The molecule has 114 valence electrons. The Hall–Kier alpha value is -2.06. The monoisotopic (exact) mass is 334 g/mol. The molecule has 3 amide bonds. The van der Waals surface area contributed by atoms with E-state index in [1.54, 1.807) is 24.5 Å². The Morgan fingerprint density at radius 3 is 2.91 bits per heavy atom. The number of thiophene rings is 1. The summed E-state index contributed by atoms with van der Waals surface area (Å²) < 4.78 is 0. The fourth-order valence-electron chi connectivity index (χ4n) is 2.28. The number of pyridine rings is 1. The van der Waals surface area contributed by atoms with Gasteiger partial charge in [-0.1, -0.05) is 0 Å². The molecule has 2 aromatic heterocycles. The van der Waals surface area contributed by atoms with E-state index in [0.29, 0.717) is 16.3 Å². The molecule has 4 N–H and O–H groups in total. The molecule has 6 nitrogen and oxygen atoms in total. The first kappa shape index (κ1) is 14.9. The Morgan fingerprint density at radius 1 is 1.32 bits per heavy atom. The maximum Gasteiger partial charge on any atom is 0.324 e. The predicted octanol–water partition coefficient (Wildman–Crippen LogP) is 2.68. The molecule has 8 heteroatoms. The Morgan fingerprint density at radius 2 is 2.18 bits per heavy atom. The number of aromatic nitrogens is 1. The van der Waals surface area contributed by atoms with Gasteiger partial charge in [-0.3, -0.25) is 15.1 Å². The van der Waals surface area contributed by atoms with Crippen molar-refractivity contribution in [3.8, 4) is 0 Å². The quantitative estimate of drug-likeness (QED) is 0.804. The van der Waals surface area contributed by atoms with Gasteiger partial charge in [0.25, 0.3) is 5.91 Å². The highest BCUT2D eigenvalue weighted by atomic mass is 32.2. The number of thioether (sulfide) groups is 1. The summed E-state index contributed by atoms with van der Waals surface area (Å²) >= 11 is 3.23. The van der Waals surface area contributed by atoms with Crippen LogP contribution < -0.4 is 16.4 Å². The first-order chi connectivity index (χ1) is 10.6. The second kappa shape index (κ2) is 6.37. The highest BCUT2D eigenvalue weighted by molar-refractivity contribution is 7.98. The number of carbonyl (C=O) groups is 2. The molecule has 1 aliphatic rings. The fourth-order valence-corrected chi connectivity index (χ4v) is 4.66. The molecule has 0 radical (unpaired) electrons. The van der Waals surface area contributed by atoms with E-state index in [9.17, 15) is 9.59 Å². The molecule has 0 saturated heterocycles. The minimum absolute atomic E-state index is 0.415. The first-order valence-corrected chi connectivity index (χ1v) is 8.62. The lowest BCUT2D eigenvalue weighted by Crippen LogP contribution is -2.22. The zero-order chi connectivity index (χ0) is 15.5. The summed E-state index contributed by atoms with van der Waals surface area (Å²) in [5.74, 6) is 1.32. The zero-order valence-corrected chi connectivity index (χ0v) is 13.2. The van der Waals surface area contributed by atoms with Crippen LogP contribution in [0.5, 0.6) is 0 Å². The van der Waals surface area contributed by atoms with Crippen LogP contribution in [-0.4, -0.2) is 22.7 Å². The third kappa shape index (κ3) is 3.07. The number of hydrogen-bond donors (Lipinski definition) is 3. The fraction of sp³-hybridized carbons (Fsp3) is 0.214. The van der Waals surface area contributed by atoms with Gasteiger partial charge in [-0.15, -0.1) is 11.3 Å². The number of amides is 3. The predicted molar refractivity (Wildman–Crippen MR) is 89.6 cm³/mol. The Balaban J connectivity index is 1.81. The van der Waals surface area contributed by atoms with Crippen molar-refractivity contribution in [1.29, 1.82) is 0 Å². The number of primary amides is 1. The molecule has 0 saturated carbocycles. The second-order valence-electron chi connectivity index (χ2n) is 4.70. The summed E-state index contributed by atoms with van der Waals surface area (Å²) in [6, 6.07) is 3.05. The molecule has 0 aliphatic carbocycles. The van der Waals surface area contributed by atoms with Gasteiger partial charge in [0.2, 0.25) is 0 Å². The number of fused-ring (bicyclic) bond motifs is 1. The van der Waals surface area contributed by atoms with E-state index < -0.39 is 11.9 Å². The smallest absolute Gasteiger partial charge is 0.324 e. The van der Waals surface area contributed by atoms with Crippen molar-refractivity contribution >= 4 is 45.7 Å². The molecule has 1 aliphatic heterocycles. The van der Waals surface area contributed by atoms with Crippen molar-refractivity contribution in [1.82, 2.24) is 4.98 Å². The largest absolute Gasteiger partial charge is 0.365 e. The van der Waals surface area contributed by atoms with Crippen LogP contribution in [0.2, 0.25) is 0 Å². The average Bonchev–Trinajstić information content (AvgIpc) is 2.85. The number of carbonyl (C=O) groups excluding carboxylic acids is 2. The van der Waals surface area contributed by atoms with Crippen molar-refractivity contribution in [2.24, 2.45) is 5.73 Å². The number of urea groups is 1. The summed E-state index contributed by atoms with van der Waals surface area (Å²) in [4.78, 5) is 28.8. The van der Waals surface area contributed by atoms with Crippen molar-refractivity contribution in [3.63, 3.8) is 0 Å². The SMILES string of the molecule is NC(=O)c1c(NC(=O)Nc2cccnc2)sc2c1CCSC2. The van der Waals surface area contributed by atoms with Crippen molar-refractivity contribution in [2.75, 3.05) is 16.4 Å². The van der Waals surface area contributed by atoms with E-state index in [-0.39, 0.29) is 0 Å². The summed E-state index contributed by atoms with van der Waals surface area (Å²) in [7, 11) is 0. The average molecular weight is 334 g/mol. The molecular weight excluding hydrogens is 320 g/mol. The topological polar surface area (TPSA) is 97.1 Å². The molecule has 0 atom stereocenters. The van der Waals surface area contributed by atoms with Crippen LogP contribution in [0.15, 0.2) is 24.5 Å². The van der Waals surface area contributed by atoms with Crippen molar-refractivity contribution < 1.29 is 9.59 Å². The third-order valence-corrected chi connectivity index (χ3v) is 5.53. The molecule has 0 unspecified atom stereocenters. The maximum atomic E-state index is 12.1. The van der Waals surface area contributed by atoms with Crippen LogP contribution >= 0.6 is 23.1 Å². The summed E-state index contributed by atoms with van der Waals surface area (Å²) in [5, 5.41) is 5.92. The van der Waals surface area contributed by atoms with E-state index >= 15 is 0 Å². The molecule has 0 spiro atoms. The van der Waals surface area contributed by atoms with Gasteiger partial charge in [0.1, 0.15) is 5.00 Å². The molecule has 2 aromatic rings. The van der Waals surface area contributed by atoms with Crippen molar-refractivity contribution in [2.45, 2.75) is 12.2 Å². The summed E-state index contributed by atoms with van der Waals surface area (Å²) in [6.45, 7) is 0. The standard InChI is InChI=1S/C14H14N4O2S2/c15-12(19)11-9-3-5-21-7-10(9)22-13(11)18-14(20)17-8-2-1-4-16-6-8/h1-2,4,6H,3,5,7H2,(H2,15,19)(H2,17,18,20). The lowest BCUT2D eigenvalue weighted by molar-refractivity contribution is 0.100. The number of nitrogens with zero attached hydrogens (tertiary/aromatic N) is 1. The lowest BCUT2D eigenvalue weighted by atomic mass is 10.1. The van der Waals surface area contributed by atoms with E-state index in [0.717, 1.165) is 28.4 Å². The Labute approximate surface area is 135 Å². The normalized spacial score (nSPS) is 13.3. The molecule has 3 rings (SSSR count). The van der Waals surface area contributed by atoms with Gasteiger partial charge in [-0.25, -0.2) is 4.79 Å². The maximum absolute atomic E-state index is 12.1. The van der Waals surface area contributed by atoms with E-state index in [4.69, 9.17) is 5.73 Å². The van der Waals surface area contributed by atoms with E-state index in [1.165, 1.54) is 11.3 Å². The molecule has 0 bridgehead atoms. The van der Waals surface area contributed by atoms with Gasteiger partial charge in [0.15, 0.2) is 0 Å². The molecule has 0 fully saturated rings. The van der Waals surface area contributed by atoms with Gasteiger partial charge < -0.3 is 11.1 Å². The third-order valence-electron chi connectivity index (χ3n) is 3.21. The Kier molecular flexibility index (Phi) is 4.30. The Bertz CT molecular complexity index is 715. The van der Waals surface area contributed by atoms with Crippen molar-refractivity contribution in [3.05, 3.63) is 40.5 Å². The van der Waals surface area contributed by atoms with Gasteiger partial charge >= 0.3 is 6.03 Å². The number of rotatable bonds is 3. The second-order valence-corrected chi connectivity index (χ2v) is 6.91. The van der Waals surface area contributed by atoms with Crippen LogP contribution in [0.25, 0.3) is 0 Å². The first-order valence-electron chi connectivity index (χ1n) is 6.65. The molecule has 0 aromatic carbocycles. The van der Waals surface area contributed by atoms with Gasteiger partial charge in [-0.2, -0.15) is 11.8 Å². The van der Waals surface area contributed by atoms with Crippen LogP contribution in [0.1, 0.15) is 20.8 Å². The molecule has 3 heterocycles. The van der Waals surface area contributed by atoms with Gasteiger partial charge in [0, 0.05) is 16.8 Å². The van der Waals surface area contributed by atoms with Crippen LogP contribution in [0.3, 0.4) is 0 Å². The number of anilines is 2. The molecule has 22 heavy (non-hydrogen) atoms. The summed E-state index contributed by atoms with van der Waals surface area (Å²) in [6.07, 6.45) is 3.98. The molecular formula is C14H14N4O2S2. The minimum atomic E-state index is -0.499. The number of hydrogen-bond acceptors (Lipinski definition) is 5. The van der Waals surface area contributed by atoms with Crippen LogP contribution in [0.4, 0.5) is 15.5 Å². The summed E-state index contributed by atoms with van der Waals surface area (Å²) in [5.41, 5.74) is 7.50. The van der Waals surface area contributed by atoms with Crippen LogP contribution in [0, 0.1) is 0 Å². The lowest BCUT2D eigenvalue weighted by Gasteiger charge is -2.11. The minimum Gasteiger partial charge on any atom is -0.365 e. The van der Waals surface area contributed by atoms with E-state index in [2.05, 4.69) is 15.6 Å².